The van der Waals surface area contributed by atoms with Crippen LogP contribution in [0.4, 0.5) is 5.82 Å². The molecule has 0 spiro atoms. The lowest BCUT2D eigenvalue weighted by Gasteiger charge is -2.29. The van der Waals surface area contributed by atoms with Crippen LogP contribution in [-0.2, 0) is 6.42 Å². The van der Waals surface area contributed by atoms with E-state index in [1.54, 1.807) is 6.20 Å². The molecular formula is C11H15N5. The van der Waals surface area contributed by atoms with E-state index in [0.717, 1.165) is 44.2 Å². The lowest BCUT2D eigenvalue weighted by atomic mass is 10.2. The Labute approximate surface area is 95.1 Å². The molecule has 1 aromatic rings. The van der Waals surface area contributed by atoms with Crippen LogP contribution in [0.25, 0.3) is 0 Å². The molecule has 0 atom stereocenters. The molecular weight excluding hydrogens is 202 g/mol. The number of hydrogen-bond donors (Lipinski definition) is 1. The molecule has 0 radical (unpaired) electrons. The van der Waals surface area contributed by atoms with Gasteiger partial charge in [0.1, 0.15) is 23.3 Å². The average molecular weight is 217 g/mol. The molecule has 1 N–H and O–H groups in total. The molecule has 1 fully saturated rings. The number of aromatic nitrogens is 2. The first-order valence-electron chi connectivity index (χ1n) is 5.57. The van der Waals surface area contributed by atoms with Crippen LogP contribution in [0.3, 0.4) is 0 Å². The Balaban J connectivity index is 2.32. The third-order valence-corrected chi connectivity index (χ3v) is 2.67. The molecule has 1 aliphatic rings. The fraction of sp³-hybridized carbons (Fsp3) is 0.545. The molecule has 5 heteroatoms. The van der Waals surface area contributed by atoms with Gasteiger partial charge >= 0.3 is 0 Å². The van der Waals surface area contributed by atoms with E-state index in [9.17, 15) is 0 Å². The molecule has 5 nitrogen and oxygen atoms in total. The zero-order valence-electron chi connectivity index (χ0n) is 9.40. The van der Waals surface area contributed by atoms with Gasteiger partial charge in [0.05, 0.1) is 6.20 Å². The van der Waals surface area contributed by atoms with Crippen LogP contribution in [-0.4, -0.2) is 36.1 Å². The molecule has 2 heterocycles. The number of nitriles is 1. The number of rotatable bonds is 2. The zero-order chi connectivity index (χ0) is 11.4. The van der Waals surface area contributed by atoms with Gasteiger partial charge in [-0.15, -0.1) is 0 Å². The second kappa shape index (κ2) is 4.90. The van der Waals surface area contributed by atoms with Crippen molar-refractivity contribution in [1.82, 2.24) is 15.3 Å². The summed E-state index contributed by atoms with van der Waals surface area (Å²) in [5, 5.41) is 12.3. The van der Waals surface area contributed by atoms with Gasteiger partial charge in [0.25, 0.3) is 0 Å². The second-order valence-corrected chi connectivity index (χ2v) is 3.73. The van der Waals surface area contributed by atoms with Crippen LogP contribution in [0.2, 0.25) is 0 Å². The maximum Gasteiger partial charge on any atom is 0.150 e. The normalized spacial score (nSPS) is 15.9. The number of aryl methyl sites for hydroxylation is 1. The van der Waals surface area contributed by atoms with E-state index in [1.807, 2.05) is 6.92 Å². The Morgan fingerprint density at radius 1 is 1.50 bits per heavy atom. The molecule has 0 saturated carbocycles. The van der Waals surface area contributed by atoms with Crippen molar-refractivity contribution < 1.29 is 0 Å². The standard InChI is InChI=1S/C11H15N5/c1-2-10-14-8-9(7-12)11(15-10)16-5-3-13-4-6-16/h8,13H,2-6H2,1H3. The smallest absolute Gasteiger partial charge is 0.150 e. The minimum atomic E-state index is 0.569. The Morgan fingerprint density at radius 3 is 2.88 bits per heavy atom. The fourth-order valence-electron chi connectivity index (χ4n) is 1.78. The van der Waals surface area contributed by atoms with Gasteiger partial charge in [-0.1, -0.05) is 6.92 Å². The van der Waals surface area contributed by atoms with Gasteiger partial charge in [-0.05, 0) is 0 Å². The highest BCUT2D eigenvalue weighted by Gasteiger charge is 2.16. The van der Waals surface area contributed by atoms with Gasteiger partial charge in [0.15, 0.2) is 0 Å². The van der Waals surface area contributed by atoms with Crippen molar-refractivity contribution in [3.63, 3.8) is 0 Å². The summed E-state index contributed by atoms with van der Waals surface area (Å²) in [6.45, 7) is 5.69. The quantitative estimate of drug-likeness (QED) is 0.773. The number of hydrogen-bond acceptors (Lipinski definition) is 5. The first-order valence-corrected chi connectivity index (χ1v) is 5.57. The van der Waals surface area contributed by atoms with E-state index in [-0.39, 0.29) is 0 Å². The average Bonchev–Trinajstić information content (AvgIpc) is 2.39. The maximum absolute atomic E-state index is 9.04. The molecule has 0 amide bonds. The molecule has 16 heavy (non-hydrogen) atoms. The van der Waals surface area contributed by atoms with E-state index in [0.29, 0.717) is 5.56 Å². The summed E-state index contributed by atoms with van der Waals surface area (Å²) in [6.07, 6.45) is 2.42. The van der Waals surface area contributed by atoms with Crippen molar-refractivity contribution >= 4 is 5.82 Å². The van der Waals surface area contributed by atoms with Gasteiger partial charge in [0, 0.05) is 32.6 Å². The van der Waals surface area contributed by atoms with Crippen molar-refractivity contribution in [3.05, 3.63) is 17.6 Å². The van der Waals surface area contributed by atoms with E-state index < -0.39 is 0 Å². The summed E-state index contributed by atoms with van der Waals surface area (Å²) in [5.41, 5.74) is 0.569. The summed E-state index contributed by atoms with van der Waals surface area (Å²) in [7, 11) is 0. The van der Waals surface area contributed by atoms with Crippen LogP contribution in [0.5, 0.6) is 0 Å². The van der Waals surface area contributed by atoms with Crippen LogP contribution in [0.1, 0.15) is 18.3 Å². The first-order chi connectivity index (χ1) is 7.85. The van der Waals surface area contributed by atoms with E-state index in [4.69, 9.17) is 5.26 Å². The molecule has 1 aromatic heterocycles. The third-order valence-electron chi connectivity index (χ3n) is 2.67. The molecule has 1 saturated heterocycles. The van der Waals surface area contributed by atoms with Gasteiger partial charge < -0.3 is 10.2 Å². The SMILES string of the molecule is CCc1ncc(C#N)c(N2CCNCC2)n1. The lowest BCUT2D eigenvalue weighted by molar-refractivity contribution is 0.583. The molecule has 84 valence electrons. The molecule has 0 aliphatic carbocycles. The van der Waals surface area contributed by atoms with E-state index in [2.05, 4.69) is 26.3 Å². The predicted octanol–water partition coefficient (Wildman–Crippen LogP) is 0.320. The fourth-order valence-corrected chi connectivity index (χ4v) is 1.78. The molecule has 0 aromatic carbocycles. The highest BCUT2D eigenvalue weighted by molar-refractivity contribution is 5.53. The molecule has 1 aliphatic heterocycles. The van der Waals surface area contributed by atoms with Gasteiger partial charge in [-0.3, -0.25) is 0 Å². The third kappa shape index (κ3) is 2.12. The van der Waals surface area contributed by atoms with Crippen molar-refractivity contribution in [2.24, 2.45) is 0 Å². The van der Waals surface area contributed by atoms with Crippen molar-refractivity contribution in [3.8, 4) is 6.07 Å². The van der Waals surface area contributed by atoms with Gasteiger partial charge in [-0.2, -0.15) is 5.26 Å². The van der Waals surface area contributed by atoms with Crippen LogP contribution >= 0.6 is 0 Å². The monoisotopic (exact) mass is 217 g/mol. The first kappa shape index (κ1) is 10.8. The molecule has 2 rings (SSSR count). The number of piperazine rings is 1. The van der Waals surface area contributed by atoms with Gasteiger partial charge in [-0.25, -0.2) is 9.97 Å². The summed E-state index contributed by atoms with van der Waals surface area (Å²) < 4.78 is 0. The van der Waals surface area contributed by atoms with Crippen molar-refractivity contribution in [2.75, 3.05) is 31.1 Å². The van der Waals surface area contributed by atoms with Gasteiger partial charge in [0.2, 0.25) is 0 Å². The Morgan fingerprint density at radius 2 is 2.25 bits per heavy atom. The number of nitrogens with one attached hydrogen (secondary N) is 1. The highest BCUT2D eigenvalue weighted by Crippen LogP contribution is 2.16. The second-order valence-electron chi connectivity index (χ2n) is 3.73. The van der Waals surface area contributed by atoms with Crippen LogP contribution in [0.15, 0.2) is 6.20 Å². The Hall–Kier alpha value is -1.67. The molecule has 0 bridgehead atoms. The molecule has 0 unspecified atom stereocenters. The minimum absolute atomic E-state index is 0.569. The highest BCUT2D eigenvalue weighted by atomic mass is 15.2. The summed E-state index contributed by atoms with van der Waals surface area (Å²) in [5.74, 6) is 1.59. The Kier molecular flexibility index (Phi) is 3.32. The minimum Gasteiger partial charge on any atom is -0.353 e. The predicted molar refractivity (Wildman–Crippen MR) is 61.2 cm³/mol. The summed E-state index contributed by atoms with van der Waals surface area (Å²) >= 11 is 0. The number of anilines is 1. The van der Waals surface area contributed by atoms with Crippen LogP contribution in [0, 0.1) is 11.3 Å². The lowest BCUT2D eigenvalue weighted by Crippen LogP contribution is -2.44. The van der Waals surface area contributed by atoms with E-state index in [1.165, 1.54) is 0 Å². The Bertz CT molecular complexity index is 403. The zero-order valence-corrected chi connectivity index (χ0v) is 9.40. The van der Waals surface area contributed by atoms with Crippen molar-refractivity contribution in [2.45, 2.75) is 13.3 Å². The summed E-state index contributed by atoms with van der Waals surface area (Å²) in [4.78, 5) is 10.7. The topological polar surface area (TPSA) is 64.8 Å². The maximum atomic E-state index is 9.04. The largest absolute Gasteiger partial charge is 0.353 e. The summed E-state index contributed by atoms with van der Waals surface area (Å²) in [6, 6.07) is 2.16. The van der Waals surface area contributed by atoms with Crippen molar-refractivity contribution in [1.29, 1.82) is 5.26 Å². The van der Waals surface area contributed by atoms with Crippen LogP contribution < -0.4 is 10.2 Å². The number of nitrogens with zero attached hydrogens (tertiary/aromatic N) is 4. The van der Waals surface area contributed by atoms with E-state index >= 15 is 0 Å².